The van der Waals surface area contributed by atoms with E-state index in [9.17, 15) is 4.79 Å². The molecule has 1 amide bonds. The van der Waals surface area contributed by atoms with Crippen molar-refractivity contribution in [1.82, 2.24) is 5.32 Å². The van der Waals surface area contributed by atoms with Crippen LogP contribution in [0.3, 0.4) is 0 Å². The van der Waals surface area contributed by atoms with E-state index in [0.717, 1.165) is 23.3 Å². The Morgan fingerprint density at radius 1 is 1.60 bits per heavy atom. The van der Waals surface area contributed by atoms with Crippen molar-refractivity contribution in [3.8, 4) is 11.8 Å². The second-order valence-electron chi connectivity index (χ2n) is 4.90. The smallest absolute Gasteiger partial charge is 0.261 e. The number of aliphatic hydroxyl groups excluding tert-OH is 1. The van der Waals surface area contributed by atoms with E-state index in [0.29, 0.717) is 11.3 Å². The molecule has 108 valence electrons. The van der Waals surface area contributed by atoms with E-state index in [4.69, 9.17) is 9.84 Å². The summed E-state index contributed by atoms with van der Waals surface area (Å²) in [7, 11) is 1.70. The molecule has 20 heavy (non-hydrogen) atoms. The fourth-order valence-electron chi connectivity index (χ4n) is 2.05. The van der Waals surface area contributed by atoms with Crippen LogP contribution in [-0.2, 0) is 4.74 Å². The van der Waals surface area contributed by atoms with Gasteiger partial charge in [0.1, 0.15) is 0 Å². The molecule has 1 heterocycles. The second kappa shape index (κ2) is 6.89. The number of ether oxygens (including phenoxy) is 1. The molecule has 0 spiro atoms. The fraction of sp³-hybridized carbons (Fsp3) is 0.533. The van der Waals surface area contributed by atoms with Gasteiger partial charge in [0.05, 0.1) is 22.5 Å². The van der Waals surface area contributed by atoms with E-state index >= 15 is 0 Å². The van der Waals surface area contributed by atoms with Gasteiger partial charge in [-0.05, 0) is 31.4 Å². The maximum Gasteiger partial charge on any atom is 0.261 e. The first-order valence-corrected chi connectivity index (χ1v) is 7.49. The highest BCUT2D eigenvalue weighted by molar-refractivity contribution is 7.14. The van der Waals surface area contributed by atoms with E-state index in [-0.39, 0.29) is 24.7 Å². The predicted molar refractivity (Wildman–Crippen MR) is 78.9 cm³/mol. The Balaban J connectivity index is 1.94. The summed E-state index contributed by atoms with van der Waals surface area (Å²) in [5, 5.41) is 11.7. The van der Waals surface area contributed by atoms with Gasteiger partial charge in [-0.2, -0.15) is 0 Å². The SMILES string of the molecule is COC1CC(NC(=O)c2cc(C)c(C#CCCO)s2)C1. The summed E-state index contributed by atoms with van der Waals surface area (Å²) in [5.74, 6) is 5.84. The first-order valence-electron chi connectivity index (χ1n) is 6.68. The highest BCUT2D eigenvalue weighted by atomic mass is 32.1. The maximum atomic E-state index is 12.1. The van der Waals surface area contributed by atoms with Crippen LogP contribution in [0.25, 0.3) is 0 Å². The molecule has 0 atom stereocenters. The van der Waals surface area contributed by atoms with Gasteiger partial charge >= 0.3 is 0 Å². The van der Waals surface area contributed by atoms with Gasteiger partial charge in [0.25, 0.3) is 5.91 Å². The summed E-state index contributed by atoms with van der Waals surface area (Å²) in [6.45, 7) is 2.01. The molecule has 0 aliphatic heterocycles. The highest BCUT2D eigenvalue weighted by Gasteiger charge is 2.30. The molecule has 1 aliphatic rings. The molecule has 0 saturated heterocycles. The van der Waals surface area contributed by atoms with Crippen molar-refractivity contribution >= 4 is 17.2 Å². The second-order valence-corrected chi connectivity index (χ2v) is 5.95. The number of carbonyl (C=O) groups is 1. The number of nitrogens with one attached hydrogen (secondary N) is 1. The molecule has 2 N–H and O–H groups in total. The molecule has 5 heteroatoms. The molecule has 4 nitrogen and oxygen atoms in total. The minimum atomic E-state index is -0.0344. The quantitative estimate of drug-likeness (QED) is 0.831. The van der Waals surface area contributed by atoms with Gasteiger partial charge in [0.2, 0.25) is 0 Å². The lowest BCUT2D eigenvalue weighted by Crippen LogP contribution is -2.47. The molecule has 0 bridgehead atoms. The van der Waals surface area contributed by atoms with Gasteiger partial charge in [0.15, 0.2) is 0 Å². The van der Waals surface area contributed by atoms with Crippen LogP contribution < -0.4 is 5.32 Å². The van der Waals surface area contributed by atoms with E-state index in [1.807, 2.05) is 13.0 Å². The van der Waals surface area contributed by atoms with Crippen molar-refractivity contribution in [3.05, 3.63) is 21.4 Å². The van der Waals surface area contributed by atoms with Crippen molar-refractivity contribution in [1.29, 1.82) is 0 Å². The summed E-state index contributed by atoms with van der Waals surface area (Å²) in [4.78, 5) is 13.7. The minimum Gasteiger partial charge on any atom is -0.395 e. The molecule has 0 aromatic carbocycles. The number of methoxy groups -OCH3 is 1. The van der Waals surface area contributed by atoms with Crippen molar-refractivity contribution < 1.29 is 14.6 Å². The lowest BCUT2D eigenvalue weighted by atomic mass is 9.89. The van der Waals surface area contributed by atoms with E-state index in [1.165, 1.54) is 11.3 Å². The summed E-state index contributed by atoms with van der Waals surface area (Å²) in [6, 6.07) is 2.09. The van der Waals surface area contributed by atoms with Crippen molar-refractivity contribution in [2.24, 2.45) is 0 Å². The van der Waals surface area contributed by atoms with Gasteiger partial charge in [-0.1, -0.05) is 11.8 Å². The van der Waals surface area contributed by atoms with Crippen molar-refractivity contribution in [3.63, 3.8) is 0 Å². The molecule has 1 saturated carbocycles. The fourth-order valence-corrected chi connectivity index (χ4v) is 3.00. The van der Waals surface area contributed by atoms with Crippen molar-refractivity contribution in [2.75, 3.05) is 13.7 Å². The number of rotatable bonds is 4. The van der Waals surface area contributed by atoms with Crippen LogP contribution in [0.5, 0.6) is 0 Å². The van der Waals surface area contributed by atoms with Crippen LogP contribution in [0.15, 0.2) is 6.07 Å². The molecular formula is C15H19NO3S. The standard InChI is InChI=1S/C15H19NO3S/c1-10-7-14(20-13(10)5-3-4-6-17)15(18)16-11-8-12(9-11)19-2/h7,11-12,17H,4,6,8-9H2,1-2H3,(H,16,18). The van der Waals surface area contributed by atoms with Crippen molar-refractivity contribution in [2.45, 2.75) is 38.3 Å². The third kappa shape index (κ3) is 3.60. The van der Waals surface area contributed by atoms with Crippen LogP contribution >= 0.6 is 11.3 Å². The monoisotopic (exact) mass is 293 g/mol. The summed E-state index contributed by atoms with van der Waals surface area (Å²) in [5.41, 5.74) is 1.01. The Hall–Kier alpha value is -1.35. The largest absolute Gasteiger partial charge is 0.395 e. The molecule has 2 rings (SSSR count). The zero-order chi connectivity index (χ0) is 14.5. The van der Waals surface area contributed by atoms with Gasteiger partial charge in [-0.15, -0.1) is 11.3 Å². The zero-order valence-electron chi connectivity index (χ0n) is 11.7. The Labute approximate surface area is 123 Å². The number of hydrogen-bond donors (Lipinski definition) is 2. The number of thiophene rings is 1. The van der Waals surface area contributed by atoms with Crippen LogP contribution in [-0.4, -0.2) is 36.9 Å². The molecule has 0 radical (unpaired) electrons. The Kier molecular flexibility index (Phi) is 5.18. The van der Waals surface area contributed by atoms with E-state index in [1.54, 1.807) is 7.11 Å². The van der Waals surface area contributed by atoms with Crippen LogP contribution in [0, 0.1) is 18.8 Å². The molecule has 1 fully saturated rings. The number of hydrogen-bond acceptors (Lipinski definition) is 4. The average Bonchev–Trinajstić information content (AvgIpc) is 2.75. The minimum absolute atomic E-state index is 0.0344. The summed E-state index contributed by atoms with van der Waals surface area (Å²) < 4.78 is 5.19. The Morgan fingerprint density at radius 2 is 2.35 bits per heavy atom. The van der Waals surface area contributed by atoms with E-state index in [2.05, 4.69) is 17.2 Å². The number of aliphatic hydroxyl groups is 1. The number of amides is 1. The Morgan fingerprint density at radius 3 is 3.00 bits per heavy atom. The van der Waals surface area contributed by atoms with Crippen LogP contribution in [0.2, 0.25) is 0 Å². The van der Waals surface area contributed by atoms with Crippen LogP contribution in [0.1, 0.15) is 39.4 Å². The molecule has 1 aliphatic carbocycles. The molecule has 0 unspecified atom stereocenters. The lowest BCUT2D eigenvalue weighted by Gasteiger charge is -2.34. The van der Waals surface area contributed by atoms with Crippen LogP contribution in [0.4, 0.5) is 0 Å². The molecule has 1 aromatic rings. The molecular weight excluding hydrogens is 274 g/mol. The predicted octanol–water partition coefficient (Wildman–Crippen LogP) is 1.70. The van der Waals surface area contributed by atoms with E-state index < -0.39 is 0 Å². The lowest BCUT2D eigenvalue weighted by molar-refractivity contribution is 0.0177. The van der Waals surface area contributed by atoms with Gasteiger partial charge in [0, 0.05) is 19.6 Å². The summed E-state index contributed by atoms with van der Waals surface area (Å²) >= 11 is 1.40. The Bertz CT molecular complexity index is 535. The topological polar surface area (TPSA) is 58.6 Å². The highest BCUT2D eigenvalue weighted by Crippen LogP contribution is 2.25. The number of carbonyl (C=O) groups excluding carboxylic acids is 1. The summed E-state index contributed by atoms with van der Waals surface area (Å²) in [6.07, 6.45) is 2.51. The number of aryl methyl sites for hydroxylation is 1. The zero-order valence-corrected chi connectivity index (χ0v) is 12.5. The average molecular weight is 293 g/mol. The first-order chi connectivity index (χ1) is 9.63. The molecule has 1 aromatic heterocycles. The third-order valence-electron chi connectivity index (χ3n) is 3.34. The maximum absolute atomic E-state index is 12.1. The third-order valence-corrected chi connectivity index (χ3v) is 4.49. The van der Waals surface area contributed by atoms with Gasteiger partial charge in [-0.25, -0.2) is 0 Å². The van der Waals surface area contributed by atoms with Gasteiger partial charge in [-0.3, -0.25) is 4.79 Å². The van der Waals surface area contributed by atoms with Gasteiger partial charge < -0.3 is 15.2 Å². The first kappa shape index (κ1) is 15.0. The normalized spacial score (nSPS) is 20.8.